The molecule has 0 aromatic rings. The van der Waals surface area contributed by atoms with E-state index < -0.39 is 50.7 Å². The molecule has 7 nitrogen and oxygen atoms in total. The third kappa shape index (κ3) is 1.28. The fraction of sp³-hybridized carbons (Fsp3) is 0.167. The van der Waals surface area contributed by atoms with Crippen molar-refractivity contribution in [3.8, 4) is 0 Å². The zero-order chi connectivity index (χ0) is 11.1. The Morgan fingerprint density at radius 1 is 1.00 bits per heavy atom. The number of aliphatic carboxylic acids is 3. The van der Waals surface area contributed by atoms with Gasteiger partial charge >= 0.3 is 85.5 Å². The van der Waals surface area contributed by atoms with Crippen LogP contribution in [0.2, 0.25) is 0 Å². The number of hydrogen-bond donors (Lipinski definition) is 4. The Hall–Kier alpha value is -1.09. The van der Waals surface area contributed by atoms with E-state index in [-0.39, 0.29) is 0 Å². The summed E-state index contributed by atoms with van der Waals surface area (Å²) < 4.78 is -1.13. The summed E-state index contributed by atoms with van der Waals surface area (Å²) in [6.07, 6.45) is 0. The van der Waals surface area contributed by atoms with Gasteiger partial charge in [0.25, 0.3) is 0 Å². The quantitative estimate of drug-likeness (QED) is 0.409. The normalized spacial score (nSPS) is 17.5. The predicted molar refractivity (Wildman–Crippen MR) is 43.6 cm³/mol. The fourth-order valence-electron chi connectivity index (χ4n) is 0.999. The Labute approximate surface area is 85.8 Å². The molecule has 0 fully saturated rings. The average Bonchev–Trinajstić information content (AvgIpc) is 1.98. The van der Waals surface area contributed by atoms with Gasteiger partial charge in [0.15, 0.2) is 0 Å². The molecule has 0 spiro atoms. The van der Waals surface area contributed by atoms with Crippen molar-refractivity contribution in [3.05, 3.63) is 0 Å². The second kappa shape index (κ2) is 3.24. The van der Waals surface area contributed by atoms with Crippen molar-refractivity contribution < 1.29 is 34.8 Å². The van der Waals surface area contributed by atoms with Crippen LogP contribution in [0, 0.1) is 0 Å². The molecule has 0 atom stereocenters. The minimum absolute atomic E-state index is 0.564. The predicted octanol–water partition coefficient (Wildman–Crippen LogP) is -2.97. The van der Waals surface area contributed by atoms with Gasteiger partial charge in [-0.05, 0) is 0 Å². The second-order valence-electron chi connectivity index (χ2n) is 2.50. The number of carboxylic acids is 3. The van der Waals surface area contributed by atoms with Crippen LogP contribution < -0.4 is 0 Å². The molecule has 0 unspecified atom stereocenters. The Morgan fingerprint density at radius 2 is 1.36 bits per heavy atom. The summed E-state index contributed by atoms with van der Waals surface area (Å²) in [5.74, 6) is -4.92. The van der Waals surface area contributed by atoms with Crippen LogP contribution in [-0.2, 0) is 14.4 Å². The van der Waals surface area contributed by atoms with Crippen molar-refractivity contribution in [2.24, 2.45) is 0 Å². The molecule has 4 N–H and O–H groups in total. The summed E-state index contributed by atoms with van der Waals surface area (Å²) in [4.78, 5) is 31.4. The molecule has 0 amide bonds. The van der Waals surface area contributed by atoms with Crippen LogP contribution in [0.4, 0.5) is 0 Å². The zero-order valence-corrected chi connectivity index (χ0v) is 9.37. The van der Waals surface area contributed by atoms with Crippen LogP contribution >= 0.6 is 0 Å². The molecule has 14 heavy (non-hydrogen) atoms. The molecule has 0 radical (unpaired) electrons. The van der Waals surface area contributed by atoms with Crippen LogP contribution in [0.15, 0.2) is 0 Å². The molecule has 1 heterocycles. The molecule has 0 saturated heterocycles. The first-order chi connectivity index (χ1) is 6.31. The summed E-state index contributed by atoms with van der Waals surface area (Å²) in [5.41, 5.74) is -2.77. The van der Waals surface area contributed by atoms with E-state index in [9.17, 15) is 19.5 Å². The van der Waals surface area contributed by atoms with E-state index in [1.54, 1.807) is 0 Å². The van der Waals surface area contributed by atoms with Gasteiger partial charge in [-0.2, -0.15) is 0 Å². The maximum absolute atomic E-state index is 10.5. The zero-order valence-electron chi connectivity index (χ0n) is 6.51. The third-order valence-corrected chi connectivity index (χ3v) is 6.42. The standard InChI is InChI=1S/C6H4O7.Sn/c7-3(8)1-6(13,5(11)12)2-4(9)10;/h13H,(H,7,8)(H,9,10)(H,11,12);. The first-order valence-corrected chi connectivity index (χ1v) is 6.11. The van der Waals surface area contributed by atoms with Crippen LogP contribution in [0.1, 0.15) is 0 Å². The van der Waals surface area contributed by atoms with Crippen LogP contribution in [-0.4, -0.2) is 71.2 Å². The number of rotatable bonds is 3. The number of aliphatic hydroxyl groups is 1. The average molecular weight is 307 g/mol. The van der Waals surface area contributed by atoms with E-state index in [2.05, 4.69) is 0 Å². The van der Waals surface area contributed by atoms with Gasteiger partial charge in [-0.15, -0.1) is 0 Å². The Bertz CT molecular complexity index is 388. The molecule has 74 valence electrons. The fourth-order valence-corrected chi connectivity index (χ4v) is 4.14. The summed E-state index contributed by atoms with van der Waals surface area (Å²) >= 11 is -2.09. The number of hydrogen-bond acceptors (Lipinski definition) is 4. The van der Waals surface area contributed by atoms with Crippen LogP contribution in [0.5, 0.6) is 0 Å². The van der Waals surface area contributed by atoms with Gasteiger partial charge in [0.1, 0.15) is 0 Å². The molecule has 0 aromatic carbocycles. The van der Waals surface area contributed by atoms with Crippen molar-refractivity contribution in [3.63, 3.8) is 0 Å². The summed E-state index contributed by atoms with van der Waals surface area (Å²) in [6.45, 7) is 0. The van der Waals surface area contributed by atoms with E-state index in [1.807, 2.05) is 0 Å². The second-order valence-corrected chi connectivity index (χ2v) is 6.07. The molecule has 1 aliphatic heterocycles. The number of carboxylic acid groups (broad SMARTS) is 3. The van der Waals surface area contributed by atoms with Crippen molar-refractivity contribution >= 4 is 45.1 Å². The van der Waals surface area contributed by atoms with Crippen molar-refractivity contribution in [2.75, 3.05) is 0 Å². The van der Waals surface area contributed by atoms with Crippen LogP contribution in [0.25, 0.3) is 0 Å². The van der Waals surface area contributed by atoms with E-state index in [1.165, 1.54) is 0 Å². The van der Waals surface area contributed by atoms with Crippen molar-refractivity contribution in [1.82, 2.24) is 0 Å². The Balaban J connectivity index is 3.30. The van der Waals surface area contributed by atoms with Crippen molar-refractivity contribution in [1.29, 1.82) is 0 Å². The van der Waals surface area contributed by atoms with Crippen LogP contribution in [0.3, 0.4) is 0 Å². The molecule has 1 aliphatic rings. The Morgan fingerprint density at radius 3 is 1.57 bits per heavy atom. The Kier molecular flexibility index (Phi) is 2.54. The van der Waals surface area contributed by atoms with Gasteiger partial charge in [-0.3, -0.25) is 0 Å². The van der Waals surface area contributed by atoms with E-state index in [0.29, 0.717) is 0 Å². The van der Waals surface area contributed by atoms with Gasteiger partial charge in [-0.1, -0.05) is 0 Å². The van der Waals surface area contributed by atoms with E-state index in [0.717, 1.165) is 0 Å². The van der Waals surface area contributed by atoms with Gasteiger partial charge in [0.05, 0.1) is 0 Å². The summed E-state index contributed by atoms with van der Waals surface area (Å²) in [6, 6.07) is 0. The van der Waals surface area contributed by atoms with Crippen molar-refractivity contribution in [2.45, 2.75) is 5.60 Å². The van der Waals surface area contributed by atoms with E-state index >= 15 is 0 Å². The molecule has 0 aliphatic carbocycles. The topological polar surface area (TPSA) is 132 Å². The molecule has 8 heteroatoms. The molecule has 0 saturated carbocycles. The SMILES string of the molecule is O=C(O)[C]1=[Sn]=[C](C(=O)O)C1(O)C(=O)O. The monoisotopic (exact) mass is 308 g/mol. The molecule has 0 bridgehead atoms. The summed E-state index contributed by atoms with van der Waals surface area (Å²) in [5, 5.41) is 34.9. The first-order valence-electron chi connectivity index (χ1n) is 3.26. The van der Waals surface area contributed by atoms with Gasteiger partial charge in [0.2, 0.25) is 0 Å². The molecular formula is C6H4O7Sn. The minimum atomic E-state index is -2.77. The van der Waals surface area contributed by atoms with E-state index in [4.69, 9.17) is 15.3 Å². The summed E-state index contributed by atoms with van der Waals surface area (Å²) in [7, 11) is 0. The van der Waals surface area contributed by atoms with Gasteiger partial charge in [0, 0.05) is 0 Å². The third-order valence-electron chi connectivity index (χ3n) is 1.71. The van der Waals surface area contributed by atoms with Gasteiger partial charge in [-0.25, -0.2) is 0 Å². The van der Waals surface area contributed by atoms with Gasteiger partial charge < -0.3 is 0 Å². The molecular weight excluding hydrogens is 303 g/mol. The first kappa shape index (κ1) is 11.0. The molecule has 0 aromatic heterocycles. The molecule has 1 rings (SSSR count). The number of carbonyl (C=O) groups is 3. The maximum atomic E-state index is 10.5.